The molecule has 0 bridgehead atoms. The molecule has 0 radical (unpaired) electrons. The van der Waals surface area contributed by atoms with Gasteiger partial charge in [-0.25, -0.2) is 4.39 Å². The molecule has 0 aliphatic carbocycles. The fraction of sp³-hybridized carbons (Fsp3) is 0.364. The molecule has 0 saturated heterocycles. The van der Waals surface area contributed by atoms with Gasteiger partial charge in [-0.2, -0.15) is 0 Å². The first-order chi connectivity index (χ1) is 7.65. The molecule has 0 fully saturated rings. The summed E-state index contributed by atoms with van der Waals surface area (Å²) in [4.78, 5) is 10.9. The minimum atomic E-state index is -0.557. The summed E-state index contributed by atoms with van der Waals surface area (Å²) in [5.74, 6) is -0.909. The van der Waals surface area contributed by atoms with Gasteiger partial charge in [0.1, 0.15) is 5.82 Å². The number of primary amides is 1. The van der Waals surface area contributed by atoms with E-state index in [2.05, 4.69) is 5.32 Å². The third-order valence-corrected chi connectivity index (χ3v) is 2.13. The molecule has 16 heavy (non-hydrogen) atoms. The maximum Gasteiger partial charge on any atom is 0.248 e. The monoisotopic (exact) mass is 226 g/mol. The van der Waals surface area contributed by atoms with Crippen LogP contribution in [-0.4, -0.2) is 26.2 Å². The van der Waals surface area contributed by atoms with E-state index in [0.717, 1.165) is 0 Å². The third kappa shape index (κ3) is 3.60. The molecule has 1 aromatic carbocycles. The van der Waals surface area contributed by atoms with Gasteiger partial charge in [0.05, 0.1) is 6.61 Å². The maximum absolute atomic E-state index is 13.3. The van der Waals surface area contributed by atoms with Crippen LogP contribution in [0.15, 0.2) is 18.2 Å². The lowest BCUT2D eigenvalue weighted by molar-refractivity contribution is 0.1000. The zero-order chi connectivity index (χ0) is 12.0. The summed E-state index contributed by atoms with van der Waals surface area (Å²) in [5.41, 5.74) is 5.84. The number of nitrogens with two attached hydrogens (primary N) is 1. The van der Waals surface area contributed by atoms with Gasteiger partial charge in [0.2, 0.25) is 5.91 Å². The first kappa shape index (κ1) is 12.6. The molecule has 0 saturated carbocycles. The number of hydrogen-bond acceptors (Lipinski definition) is 3. The number of nitrogens with one attached hydrogen (secondary N) is 1. The van der Waals surface area contributed by atoms with Crippen LogP contribution in [0.4, 0.5) is 4.39 Å². The van der Waals surface area contributed by atoms with Gasteiger partial charge >= 0.3 is 0 Å². The first-order valence-corrected chi connectivity index (χ1v) is 4.93. The van der Waals surface area contributed by atoms with Crippen LogP contribution < -0.4 is 11.1 Å². The van der Waals surface area contributed by atoms with E-state index in [9.17, 15) is 9.18 Å². The Labute approximate surface area is 93.6 Å². The fourth-order valence-corrected chi connectivity index (χ4v) is 1.26. The average Bonchev–Trinajstić information content (AvgIpc) is 2.26. The Hall–Kier alpha value is -1.46. The Morgan fingerprint density at radius 1 is 1.56 bits per heavy atom. The van der Waals surface area contributed by atoms with Crippen LogP contribution in [-0.2, 0) is 11.3 Å². The van der Waals surface area contributed by atoms with Crippen molar-refractivity contribution in [3.05, 3.63) is 35.1 Å². The lowest BCUT2D eigenvalue weighted by Gasteiger charge is -2.06. The Balaban J connectivity index is 2.63. The summed E-state index contributed by atoms with van der Waals surface area (Å²) in [6.45, 7) is 1.52. The second-order valence-corrected chi connectivity index (χ2v) is 3.34. The molecule has 1 rings (SSSR count). The largest absolute Gasteiger partial charge is 0.383 e. The van der Waals surface area contributed by atoms with Crippen LogP contribution >= 0.6 is 0 Å². The molecular weight excluding hydrogens is 211 g/mol. The smallest absolute Gasteiger partial charge is 0.248 e. The fourth-order valence-electron chi connectivity index (χ4n) is 1.26. The summed E-state index contributed by atoms with van der Waals surface area (Å²) in [6.07, 6.45) is 0. The van der Waals surface area contributed by atoms with E-state index in [1.54, 1.807) is 7.11 Å². The van der Waals surface area contributed by atoms with Crippen LogP contribution in [0.2, 0.25) is 0 Å². The number of ether oxygens (including phenoxy) is 1. The Kier molecular flexibility index (Phi) is 4.88. The SMILES string of the molecule is COCCNCc1cc(C(N)=O)ccc1F. The van der Waals surface area contributed by atoms with Crippen molar-refractivity contribution >= 4 is 5.91 Å². The molecule has 1 aromatic rings. The van der Waals surface area contributed by atoms with Crippen molar-refractivity contribution < 1.29 is 13.9 Å². The molecule has 1 amide bonds. The quantitative estimate of drug-likeness (QED) is 0.700. The molecule has 0 aromatic heterocycles. The number of rotatable bonds is 6. The molecule has 88 valence electrons. The predicted octanol–water partition coefficient (Wildman–Crippen LogP) is 0.661. The van der Waals surface area contributed by atoms with E-state index in [1.807, 2.05) is 0 Å². The summed E-state index contributed by atoms with van der Waals surface area (Å²) in [6, 6.07) is 4.07. The molecular formula is C11H15FN2O2. The number of halogens is 1. The van der Waals surface area contributed by atoms with Gasteiger partial charge in [-0.05, 0) is 18.2 Å². The molecule has 0 unspecified atom stereocenters. The van der Waals surface area contributed by atoms with Crippen LogP contribution in [0.5, 0.6) is 0 Å². The number of methoxy groups -OCH3 is 1. The van der Waals surface area contributed by atoms with E-state index in [1.165, 1.54) is 18.2 Å². The van der Waals surface area contributed by atoms with Crippen molar-refractivity contribution in [1.29, 1.82) is 0 Å². The van der Waals surface area contributed by atoms with Gasteiger partial charge in [-0.1, -0.05) is 0 Å². The van der Waals surface area contributed by atoms with Gasteiger partial charge in [0.15, 0.2) is 0 Å². The van der Waals surface area contributed by atoms with Gasteiger partial charge in [-0.3, -0.25) is 4.79 Å². The maximum atomic E-state index is 13.3. The Bertz CT molecular complexity index is 369. The molecule has 3 N–H and O–H groups in total. The van der Waals surface area contributed by atoms with Crippen molar-refractivity contribution in [2.75, 3.05) is 20.3 Å². The molecule has 0 atom stereocenters. The second-order valence-electron chi connectivity index (χ2n) is 3.34. The highest BCUT2D eigenvalue weighted by molar-refractivity contribution is 5.92. The Morgan fingerprint density at radius 2 is 2.31 bits per heavy atom. The molecule has 4 nitrogen and oxygen atoms in total. The number of carbonyl (C=O) groups excluding carboxylic acids is 1. The normalized spacial score (nSPS) is 10.4. The second kappa shape index (κ2) is 6.19. The summed E-state index contributed by atoms with van der Waals surface area (Å²) in [7, 11) is 1.59. The zero-order valence-corrected chi connectivity index (χ0v) is 9.13. The predicted molar refractivity (Wildman–Crippen MR) is 58.5 cm³/mol. The molecule has 0 spiro atoms. The van der Waals surface area contributed by atoms with Gasteiger partial charge in [0.25, 0.3) is 0 Å². The topological polar surface area (TPSA) is 64.3 Å². The van der Waals surface area contributed by atoms with Crippen molar-refractivity contribution in [2.24, 2.45) is 5.73 Å². The van der Waals surface area contributed by atoms with Crippen LogP contribution in [0.3, 0.4) is 0 Å². The standard InChI is InChI=1S/C11H15FN2O2/c1-16-5-4-14-7-9-6-8(11(13)15)2-3-10(9)12/h2-3,6,14H,4-5,7H2,1H3,(H2,13,15). The molecule has 0 aliphatic heterocycles. The van der Waals surface area contributed by atoms with E-state index in [4.69, 9.17) is 10.5 Å². The summed E-state index contributed by atoms with van der Waals surface area (Å²) >= 11 is 0. The minimum absolute atomic E-state index is 0.310. The van der Waals surface area contributed by atoms with Crippen molar-refractivity contribution in [3.63, 3.8) is 0 Å². The van der Waals surface area contributed by atoms with Gasteiger partial charge in [-0.15, -0.1) is 0 Å². The van der Waals surface area contributed by atoms with Gasteiger partial charge in [0, 0.05) is 31.3 Å². The number of carbonyl (C=O) groups is 1. The summed E-state index contributed by atoms with van der Waals surface area (Å²) in [5, 5.41) is 2.99. The average molecular weight is 226 g/mol. The van der Waals surface area contributed by atoms with Crippen LogP contribution in [0, 0.1) is 5.82 Å². The Morgan fingerprint density at radius 3 is 2.94 bits per heavy atom. The van der Waals surface area contributed by atoms with Crippen molar-refractivity contribution in [2.45, 2.75) is 6.54 Å². The van der Waals surface area contributed by atoms with Gasteiger partial charge < -0.3 is 15.8 Å². The lowest BCUT2D eigenvalue weighted by atomic mass is 10.1. The minimum Gasteiger partial charge on any atom is -0.383 e. The third-order valence-electron chi connectivity index (χ3n) is 2.13. The van der Waals surface area contributed by atoms with E-state index in [0.29, 0.717) is 30.8 Å². The molecule has 5 heteroatoms. The lowest BCUT2D eigenvalue weighted by Crippen LogP contribution is -2.20. The zero-order valence-electron chi connectivity index (χ0n) is 9.13. The van der Waals surface area contributed by atoms with E-state index >= 15 is 0 Å². The highest BCUT2D eigenvalue weighted by Crippen LogP contribution is 2.10. The highest BCUT2D eigenvalue weighted by atomic mass is 19.1. The van der Waals surface area contributed by atoms with Crippen LogP contribution in [0.25, 0.3) is 0 Å². The number of amides is 1. The summed E-state index contributed by atoms with van der Waals surface area (Å²) < 4.78 is 18.2. The number of hydrogen-bond donors (Lipinski definition) is 2. The first-order valence-electron chi connectivity index (χ1n) is 4.93. The van der Waals surface area contributed by atoms with Crippen molar-refractivity contribution in [1.82, 2.24) is 5.32 Å². The number of benzene rings is 1. The molecule has 0 heterocycles. The highest BCUT2D eigenvalue weighted by Gasteiger charge is 2.06. The van der Waals surface area contributed by atoms with E-state index < -0.39 is 5.91 Å². The van der Waals surface area contributed by atoms with E-state index in [-0.39, 0.29) is 5.82 Å². The molecule has 0 aliphatic rings. The van der Waals surface area contributed by atoms with Crippen LogP contribution in [0.1, 0.15) is 15.9 Å². The van der Waals surface area contributed by atoms with Crippen molar-refractivity contribution in [3.8, 4) is 0 Å².